The van der Waals surface area contributed by atoms with E-state index in [1.165, 1.54) is 18.2 Å². The number of nitrogens with one attached hydrogen (secondary N) is 1. The summed E-state index contributed by atoms with van der Waals surface area (Å²) in [4.78, 5) is 7.54. The van der Waals surface area contributed by atoms with E-state index in [1.54, 1.807) is 0 Å². The van der Waals surface area contributed by atoms with E-state index in [2.05, 4.69) is 9.97 Å². The number of aromatic hydroxyl groups is 2. The van der Waals surface area contributed by atoms with Gasteiger partial charge in [0.2, 0.25) is 0 Å². The lowest BCUT2D eigenvalue weighted by Crippen LogP contribution is -1.81. The van der Waals surface area contributed by atoms with Crippen molar-refractivity contribution in [2.45, 2.75) is 6.92 Å². The Morgan fingerprint density at radius 1 is 1.06 bits per heavy atom. The molecular weight excluding hydrogens is 228 g/mol. The summed E-state index contributed by atoms with van der Waals surface area (Å²) in [5.74, 6) is 0.729. The van der Waals surface area contributed by atoms with Crippen molar-refractivity contribution in [1.82, 2.24) is 9.97 Å². The number of phenols is 2. The highest BCUT2D eigenvalue weighted by atomic mass is 16.3. The van der Waals surface area contributed by atoms with Gasteiger partial charge in [-0.1, -0.05) is 6.07 Å². The maximum absolute atomic E-state index is 9.80. The molecule has 0 aliphatic heterocycles. The number of hydrogen-bond donors (Lipinski definition) is 3. The molecule has 3 N–H and O–H groups in total. The molecule has 4 nitrogen and oxygen atoms in total. The quantitative estimate of drug-likeness (QED) is 0.573. The van der Waals surface area contributed by atoms with Crippen molar-refractivity contribution in [3.63, 3.8) is 0 Å². The predicted octanol–water partition coefficient (Wildman–Crippen LogP) is 2.95. The lowest BCUT2D eigenvalue weighted by Gasteiger charge is -2.01. The summed E-state index contributed by atoms with van der Waals surface area (Å²) in [6.07, 6.45) is 0. The summed E-state index contributed by atoms with van der Waals surface area (Å²) in [5, 5.41) is 19.3. The van der Waals surface area contributed by atoms with Crippen LogP contribution in [0.2, 0.25) is 0 Å². The molecule has 0 fully saturated rings. The zero-order valence-corrected chi connectivity index (χ0v) is 9.81. The molecular formula is C14H12N2O2. The minimum Gasteiger partial charge on any atom is -0.508 e. The van der Waals surface area contributed by atoms with Crippen molar-refractivity contribution >= 4 is 11.0 Å². The Morgan fingerprint density at radius 2 is 1.89 bits per heavy atom. The zero-order chi connectivity index (χ0) is 12.7. The van der Waals surface area contributed by atoms with Gasteiger partial charge in [-0.3, -0.25) is 0 Å². The van der Waals surface area contributed by atoms with Gasteiger partial charge in [0.15, 0.2) is 0 Å². The van der Waals surface area contributed by atoms with Crippen LogP contribution in [0.1, 0.15) is 5.56 Å². The average molecular weight is 240 g/mol. The summed E-state index contributed by atoms with van der Waals surface area (Å²) in [6.45, 7) is 2.01. The second-order valence-electron chi connectivity index (χ2n) is 4.31. The third-order valence-electron chi connectivity index (χ3n) is 2.87. The molecule has 18 heavy (non-hydrogen) atoms. The molecule has 0 saturated carbocycles. The third kappa shape index (κ3) is 1.68. The highest BCUT2D eigenvalue weighted by molar-refractivity contribution is 5.81. The number of aryl methyl sites for hydroxylation is 1. The van der Waals surface area contributed by atoms with Crippen molar-refractivity contribution in [2.75, 3.05) is 0 Å². The van der Waals surface area contributed by atoms with E-state index in [0.29, 0.717) is 11.4 Å². The second kappa shape index (κ2) is 3.77. The molecule has 0 radical (unpaired) electrons. The molecule has 1 heterocycles. The molecule has 0 aliphatic carbocycles. The van der Waals surface area contributed by atoms with Gasteiger partial charge in [-0.2, -0.15) is 0 Å². The molecule has 0 amide bonds. The van der Waals surface area contributed by atoms with E-state index in [9.17, 15) is 10.2 Å². The molecule has 4 heteroatoms. The SMILES string of the molecule is Cc1ccc2nc(-c3cc(O)ccc3O)[nH]c2c1. The number of aromatic amines is 1. The lowest BCUT2D eigenvalue weighted by molar-refractivity contribution is 0.461. The molecule has 0 bridgehead atoms. The Labute approximate surface area is 104 Å². The number of H-pyrrole nitrogens is 1. The van der Waals surface area contributed by atoms with Crippen LogP contribution in [-0.4, -0.2) is 20.2 Å². The molecule has 0 spiro atoms. The third-order valence-corrected chi connectivity index (χ3v) is 2.87. The summed E-state index contributed by atoms with van der Waals surface area (Å²) in [5.41, 5.74) is 3.37. The molecule has 1 aromatic heterocycles. The van der Waals surface area contributed by atoms with E-state index >= 15 is 0 Å². The fourth-order valence-corrected chi connectivity index (χ4v) is 1.96. The summed E-state index contributed by atoms with van der Waals surface area (Å²) in [6, 6.07) is 10.3. The second-order valence-corrected chi connectivity index (χ2v) is 4.31. The van der Waals surface area contributed by atoms with E-state index in [0.717, 1.165) is 16.6 Å². The van der Waals surface area contributed by atoms with Gasteiger partial charge < -0.3 is 15.2 Å². The number of fused-ring (bicyclic) bond motifs is 1. The van der Waals surface area contributed by atoms with Crippen LogP contribution in [0, 0.1) is 6.92 Å². The molecule has 0 atom stereocenters. The molecule has 90 valence electrons. The Balaban J connectivity index is 2.22. The number of phenolic OH excluding ortho intramolecular Hbond substituents is 2. The maximum atomic E-state index is 9.80. The number of imidazole rings is 1. The van der Waals surface area contributed by atoms with Gasteiger partial charge in [-0.25, -0.2) is 4.98 Å². The van der Waals surface area contributed by atoms with Gasteiger partial charge in [-0.15, -0.1) is 0 Å². The van der Waals surface area contributed by atoms with Crippen LogP contribution in [0.25, 0.3) is 22.4 Å². The van der Waals surface area contributed by atoms with Crippen LogP contribution in [0.3, 0.4) is 0 Å². The van der Waals surface area contributed by atoms with Crippen LogP contribution in [-0.2, 0) is 0 Å². The first kappa shape index (κ1) is 10.7. The summed E-state index contributed by atoms with van der Waals surface area (Å²) < 4.78 is 0. The number of aromatic nitrogens is 2. The first-order valence-electron chi connectivity index (χ1n) is 5.62. The molecule has 3 rings (SSSR count). The summed E-state index contributed by atoms with van der Waals surface area (Å²) in [7, 11) is 0. The monoisotopic (exact) mass is 240 g/mol. The van der Waals surface area contributed by atoms with Gasteiger partial charge in [0.1, 0.15) is 17.3 Å². The number of hydrogen-bond acceptors (Lipinski definition) is 3. The number of benzene rings is 2. The lowest BCUT2D eigenvalue weighted by atomic mass is 10.2. The normalized spacial score (nSPS) is 10.9. The smallest absolute Gasteiger partial charge is 0.142 e. The maximum Gasteiger partial charge on any atom is 0.142 e. The van der Waals surface area contributed by atoms with E-state index in [-0.39, 0.29) is 11.5 Å². The van der Waals surface area contributed by atoms with E-state index < -0.39 is 0 Å². The van der Waals surface area contributed by atoms with Crippen LogP contribution in [0.5, 0.6) is 11.5 Å². The molecule has 3 aromatic rings. The minimum atomic E-state index is 0.0866. The summed E-state index contributed by atoms with van der Waals surface area (Å²) >= 11 is 0. The van der Waals surface area contributed by atoms with E-state index in [4.69, 9.17) is 0 Å². The number of nitrogens with zero attached hydrogens (tertiary/aromatic N) is 1. The molecule has 0 unspecified atom stereocenters. The zero-order valence-electron chi connectivity index (χ0n) is 9.81. The van der Waals surface area contributed by atoms with Crippen molar-refractivity contribution in [1.29, 1.82) is 0 Å². The Hall–Kier alpha value is -2.49. The Kier molecular flexibility index (Phi) is 2.23. The van der Waals surface area contributed by atoms with Crippen molar-refractivity contribution in [3.05, 3.63) is 42.0 Å². The Bertz CT molecular complexity index is 732. The van der Waals surface area contributed by atoms with Crippen LogP contribution in [0.15, 0.2) is 36.4 Å². The first-order valence-corrected chi connectivity index (χ1v) is 5.62. The van der Waals surface area contributed by atoms with Gasteiger partial charge >= 0.3 is 0 Å². The van der Waals surface area contributed by atoms with Gasteiger partial charge in [0, 0.05) is 0 Å². The van der Waals surface area contributed by atoms with Crippen molar-refractivity contribution < 1.29 is 10.2 Å². The highest BCUT2D eigenvalue weighted by Crippen LogP contribution is 2.31. The van der Waals surface area contributed by atoms with Crippen LogP contribution < -0.4 is 0 Å². The molecule has 0 saturated heterocycles. The van der Waals surface area contributed by atoms with Gasteiger partial charge in [-0.05, 0) is 42.8 Å². The van der Waals surface area contributed by atoms with Crippen LogP contribution in [0.4, 0.5) is 0 Å². The predicted molar refractivity (Wildman–Crippen MR) is 69.6 cm³/mol. The van der Waals surface area contributed by atoms with Crippen molar-refractivity contribution in [2.24, 2.45) is 0 Å². The fraction of sp³-hybridized carbons (Fsp3) is 0.0714. The van der Waals surface area contributed by atoms with Crippen LogP contribution >= 0.6 is 0 Å². The topological polar surface area (TPSA) is 69.1 Å². The molecule has 0 aliphatic rings. The first-order chi connectivity index (χ1) is 8.63. The fourth-order valence-electron chi connectivity index (χ4n) is 1.96. The molecule has 2 aromatic carbocycles. The Morgan fingerprint density at radius 3 is 2.72 bits per heavy atom. The average Bonchev–Trinajstić information content (AvgIpc) is 2.74. The number of rotatable bonds is 1. The van der Waals surface area contributed by atoms with E-state index in [1.807, 2.05) is 25.1 Å². The standard InChI is InChI=1S/C14H12N2O2/c1-8-2-4-11-12(6-8)16-14(15-11)10-7-9(17)3-5-13(10)18/h2-7,17-18H,1H3,(H,15,16). The van der Waals surface area contributed by atoms with Gasteiger partial charge in [0.25, 0.3) is 0 Å². The van der Waals surface area contributed by atoms with Crippen molar-refractivity contribution in [3.8, 4) is 22.9 Å². The highest BCUT2D eigenvalue weighted by Gasteiger charge is 2.10. The van der Waals surface area contributed by atoms with Gasteiger partial charge in [0.05, 0.1) is 16.6 Å². The minimum absolute atomic E-state index is 0.0866. The largest absolute Gasteiger partial charge is 0.508 e.